The van der Waals surface area contributed by atoms with Crippen molar-refractivity contribution in [3.63, 3.8) is 0 Å². The van der Waals surface area contributed by atoms with Crippen molar-refractivity contribution in [3.8, 4) is 0 Å². The molecule has 35 heteroatoms. The smallest absolute Gasteiger partial charge is 0.114 e. The predicted molar refractivity (Wildman–Crippen MR) is 186 cm³/mol. The van der Waals surface area contributed by atoms with Crippen molar-refractivity contribution in [2.45, 2.75) is 55.3 Å². The van der Waals surface area contributed by atoms with E-state index in [2.05, 4.69) is 29.9 Å². The third-order valence-corrected chi connectivity index (χ3v) is 6.52. The summed E-state index contributed by atoms with van der Waals surface area (Å²) in [5.41, 5.74) is -7.00. The molecule has 0 atom stereocenters. The van der Waals surface area contributed by atoms with Gasteiger partial charge in [0.2, 0.25) is 0 Å². The van der Waals surface area contributed by atoms with Crippen LogP contribution in [0.5, 0.6) is 0 Å². The summed E-state index contributed by atoms with van der Waals surface area (Å²) in [6, 6.07) is 0. The molecular formula is C36H30Mo2N6O27-12. The molecular weight excluding hydrogens is 1140 g/mol. The maximum atomic E-state index is 10.1. The first-order valence-corrected chi connectivity index (χ1v) is 17.3. The summed E-state index contributed by atoms with van der Waals surface area (Å²) in [5.74, 6) is -21.6. The van der Waals surface area contributed by atoms with E-state index in [0.29, 0.717) is 17.1 Å². The van der Waals surface area contributed by atoms with E-state index < -0.39 is 127 Å². The summed E-state index contributed by atoms with van der Waals surface area (Å²) in [6.45, 7) is 0. The number of carboxylic acid groups (broad SMARTS) is 12. The van der Waals surface area contributed by atoms with E-state index in [4.69, 9.17) is 15.3 Å². The molecule has 6 N–H and O–H groups in total. The van der Waals surface area contributed by atoms with Crippen molar-refractivity contribution < 1.29 is 176 Å². The summed E-state index contributed by atoms with van der Waals surface area (Å²) in [4.78, 5) is 139. The molecule has 0 saturated heterocycles. The van der Waals surface area contributed by atoms with Crippen molar-refractivity contribution in [1.82, 2.24) is 29.9 Å². The third kappa shape index (κ3) is 38.4. The van der Waals surface area contributed by atoms with Crippen LogP contribution < -0.4 is 61.3 Å². The van der Waals surface area contributed by atoms with Gasteiger partial charge in [-0.1, -0.05) is 0 Å². The van der Waals surface area contributed by atoms with Gasteiger partial charge in [0, 0.05) is 116 Å². The molecule has 3 aromatic heterocycles. The van der Waals surface area contributed by atoms with Crippen LogP contribution in [0, 0.1) is 0 Å². The summed E-state index contributed by atoms with van der Waals surface area (Å²) in [7, 11) is 0. The summed E-state index contributed by atoms with van der Waals surface area (Å²) in [6.07, 6.45) is 7.74. The fraction of sp³-hybridized carbons (Fsp3) is 0.250. The molecule has 3 rings (SSSR count). The number of rotatable bonds is 21. The van der Waals surface area contributed by atoms with Gasteiger partial charge in [-0.15, -0.1) is 0 Å². The summed E-state index contributed by atoms with van der Waals surface area (Å²) in [5, 5.41) is 146. The Bertz CT molecular complexity index is 1990. The quantitative estimate of drug-likeness (QED) is 0.0426. The number of carboxylic acids is 12. The molecule has 0 aromatic carbocycles. The first kappa shape index (κ1) is 71.7. The number of aromatic amines is 3. The van der Waals surface area contributed by atoms with E-state index in [1.807, 2.05) is 0 Å². The molecule has 0 bridgehead atoms. The Kier molecular flexibility index (Phi) is 37.1. The zero-order chi connectivity index (χ0) is 54.1. The molecule has 0 unspecified atom stereocenters. The molecule has 0 radical (unpaired) electrons. The van der Waals surface area contributed by atoms with Crippen LogP contribution in [-0.4, -0.2) is 134 Å². The second-order valence-electron chi connectivity index (χ2n) is 12.2. The number of nitrogens with zero attached hydrogens (tertiary/aromatic N) is 3. The fourth-order valence-electron chi connectivity index (χ4n) is 3.60. The Morgan fingerprint density at radius 1 is 0.380 bits per heavy atom. The minimum absolute atomic E-state index is 0. The monoisotopic (exact) mass is 1170 g/mol. The van der Waals surface area contributed by atoms with E-state index in [1.165, 1.54) is 55.8 Å². The molecule has 0 spiro atoms. The van der Waals surface area contributed by atoms with E-state index in [1.54, 1.807) is 0 Å². The van der Waals surface area contributed by atoms with Crippen LogP contribution in [0.25, 0.3) is 18.2 Å². The van der Waals surface area contributed by atoms with Crippen LogP contribution in [0.2, 0.25) is 0 Å². The van der Waals surface area contributed by atoms with Gasteiger partial charge in [0.1, 0.15) is 16.8 Å². The molecule has 33 nitrogen and oxygen atoms in total. The van der Waals surface area contributed by atoms with Gasteiger partial charge in [-0.05, 0) is 36.5 Å². The number of H-pyrrole nitrogens is 3. The van der Waals surface area contributed by atoms with Crippen molar-refractivity contribution in [1.29, 1.82) is 0 Å². The maximum Gasteiger partial charge on any atom is 0.114 e. The van der Waals surface area contributed by atoms with E-state index >= 15 is 0 Å². The summed E-state index contributed by atoms with van der Waals surface area (Å²) < 4.78 is 0. The number of carbonyl (C=O) groups excluding carboxylic acids is 12. The van der Waals surface area contributed by atoms with Crippen LogP contribution in [-0.2, 0) is 99.7 Å². The Hall–Kier alpha value is -8.25. The number of carbonyl (C=O) groups is 12. The van der Waals surface area contributed by atoms with Crippen LogP contribution in [0.3, 0.4) is 0 Å². The number of aliphatic hydroxyl groups is 3. The Labute approximate surface area is 422 Å². The topological polar surface area (TPSA) is 628 Å². The van der Waals surface area contributed by atoms with Gasteiger partial charge in [0.25, 0.3) is 0 Å². The van der Waals surface area contributed by atoms with Crippen molar-refractivity contribution >= 4 is 89.9 Å². The van der Waals surface area contributed by atoms with E-state index in [9.17, 15) is 119 Å². The molecule has 390 valence electrons. The third-order valence-electron chi connectivity index (χ3n) is 6.52. The zero-order valence-electron chi connectivity index (χ0n) is 35.0. The van der Waals surface area contributed by atoms with Gasteiger partial charge in [0.05, 0.1) is 90.5 Å². The Morgan fingerprint density at radius 3 is 0.648 bits per heavy atom. The van der Waals surface area contributed by atoms with Gasteiger partial charge in [0.15, 0.2) is 0 Å². The molecule has 0 saturated carbocycles. The normalized spacial score (nSPS) is 10.4. The number of imidazole rings is 3. The largest absolute Gasteiger partial charge is 0.550 e. The first-order chi connectivity index (χ1) is 31.7. The van der Waals surface area contributed by atoms with Crippen molar-refractivity contribution in [2.24, 2.45) is 0 Å². The molecule has 0 fully saturated rings. The average molecular weight is 1170 g/mol. The molecule has 3 aromatic rings. The van der Waals surface area contributed by atoms with Crippen LogP contribution in [0.1, 0.15) is 55.6 Å². The van der Waals surface area contributed by atoms with Crippen molar-refractivity contribution in [2.75, 3.05) is 0 Å². The zero-order valence-corrected chi connectivity index (χ0v) is 39.0. The molecule has 71 heavy (non-hydrogen) atoms. The van der Waals surface area contributed by atoms with E-state index in [0.717, 1.165) is 18.2 Å². The van der Waals surface area contributed by atoms with Crippen LogP contribution >= 0.6 is 0 Å². The number of aliphatic carboxylic acids is 12. The van der Waals surface area contributed by atoms with Gasteiger partial charge in [-0.3, -0.25) is 0 Å². The molecule has 0 aliphatic carbocycles. The fourth-order valence-corrected chi connectivity index (χ4v) is 3.60. The van der Waals surface area contributed by atoms with Crippen LogP contribution in [0.4, 0.5) is 0 Å². The standard InChI is InChI=1S/3C6H6N2O2.3C6H8O7.2Mo/c3*9-6(10)2-1-5-3-7-4-8-5;3*7-3(8)1-6(13,5(11)12)2-4(9)10;;/h3*1-4H,(H,7,8)(H,9,10);3*13H,1-2H2,(H,7,8)(H,9,10)(H,11,12);;/p-12. The van der Waals surface area contributed by atoms with Gasteiger partial charge in [-0.25, -0.2) is 15.0 Å². The van der Waals surface area contributed by atoms with Gasteiger partial charge < -0.3 is 149 Å². The molecule has 3 heterocycles. The number of hydrogen-bond donors (Lipinski definition) is 6. The maximum absolute atomic E-state index is 10.1. The first-order valence-electron chi connectivity index (χ1n) is 17.3. The molecule has 0 amide bonds. The Balaban J connectivity index is -0.000000245. The number of nitrogens with one attached hydrogen (secondary N) is 3. The SMILES string of the molecule is O=C([O-])C=Cc1cnc[nH]1.O=C([O-])C=Cc1cnc[nH]1.O=C([O-])C=Cc1cnc[nH]1.O=C([O-])CC(O)(CC(=O)[O-])C(=O)[O-].O=C([O-])CC(O)(CC(=O)[O-])C(=O)[O-].O=C([O-])CC(O)(CC(=O)[O-])C(=O)[O-].[Mo].[Mo]. The van der Waals surface area contributed by atoms with Gasteiger partial charge in [-0.2, -0.15) is 0 Å². The minimum Gasteiger partial charge on any atom is -0.550 e. The molecule has 0 aliphatic rings. The number of hydrogen-bond acceptors (Lipinski definition) is 30. The van der Waals surface area contributed by atoms with Gasteiger partial charge >= 0.3 is 0 Å². The predicted octanol–water partition coefficient (Wildman–Crippen LogP) is -18.2. The molecule has 0 aliphatic heterocycles. The van der Waals surface area contributed by atoms with Crippen molar-refractivity contribution in [3.05, 3.63) is 72.9 Å². The van der Waals surface area contributed by atoms with E-state index in [-0.39, 0.29) is 42.1 Å². The number of aromatic nitrogens is 6. The summed E-state index contributed by atoms with van der Waals surface area (Å²) >= 11 is 0. The van der Waals surface area contributed by atoms with Crippen LogP contribution in [0.15, 0.2) is 55.8 Å². The minimum atomic E-state index is -2.97. The second kappa shape index (κ2) is 36.7. The second-order valence-corrected chi connectivity index (χ2v) is 12.2. The Morgan fingerprint density at radius 2 is 0.549 bits per heavy atom. The average Bonchev–Trinajstić information content (AvgIpc) is 4.00.